The molecule has 0 saturated heterocycles. The topological polar surface area (TPSA) is 55.6 Å². The summed E-state index contributed by atoms with van der Waals surface area (Å²) < 4.78 is 14.8. The zero-order valence-electron chi connectivity index (χ0n) is 10.8. The molecule has 1 aromatic carbocycles. The molecule has 0 unspecified atom stereocenters. The van der Waals surface area contributed by atoms with E-state index in [1.807, 2.05) is 0 Å². The molecule has 0 amide bonds. The fraction of sp³-hybridized carbons (Fsp3) is 0.417. The van der Waals surface area contributed by atoms with Gasteiger partial charge in [-0.25, -0.2) is 4.39 Å². The molecule has 5 nitrogen and oxygen atoms in total. The van der Waals surface area contributed by atoms with Crippen LogP contribution in [0.25, 0.3) is 5.69 Å². The summed E-state index contributed by atoms with van der Waals surface area (Å²) in [6.07, 6.45) is 0. The molecular weight excluding hydrogens is 269 g/mol. The second-order valence-electron chi connectivity index (χ2n) is 4.66. The average Bonchev–Trinajstić information content (AvgIpc) is 2.75. The zero-order chi connectivity index (χ0) is 13.8. The molecule has 7 heteroatoms. The molecule has 0 spiro atoms. The highest BCUT2D eigenvalue weighted by atomic mass is 35.5. The number of aromatic nitrogens is 4. The number of benzene rings is 1. The van der Waals surface area contributed by atoms with E-state index in [1.54, 1.807) is 6.07 Å². The van der Waals surface area contributed by atoms with Crippen LogP contribution < -0.4 is 5.32 Å². The van der Waals surface area contributed by atoms with Crippen LogP contribution >= 0.6 is 11.6 Å². The van der Waals surface area contributed by atoms with Crippen molar-refractivity contribution in [2.24, 2.45) is 5.92 Å². The summed E-state index contributed by atoms with van der Waals surface area (Å²) in [5.74, 6) is 0.731. The number of hydrogen-bond acceptors (Lipinski definition) is 4. The van der Waals surface area contributed by atoms with Crippen LogP contribution in [0.15, 0.2) is 18.2 Å². The van der Waals surface area contributed by atoms with Crippen LogP contribution in [0.1, 0.15) is 19.7 Å². The van der Waals surface area contributed by atoms with Crippen LogP contribution in [-0.4, -0.2) is 26.8 Å². The largest absolute Gasteiger partial charge is 0.310 e. The number of halogens is 2. The molecule has 0 aliphatic rings. The van der Waals surface area contributed by atoms with Crippen molar-refractivity contribution < 1.29 is 4.39 Å². The SMILES string of the molecule is CC(C)CNCc1nnnn1-c1cc(F)cc(Cl)c1. The molecule has 0 atom stereocenters. The van der Waals surface area contributed by atoms with Gasteiger partial charge in [0.15, 0.2) is 5.82 Å². The van der Waals surface area contributed by atoms with Crippen molar-refractivity contribution in [3.05, 3.63) is 34.9 Å². The third kappa shape index (κ3) is 3.71. The lowest BCUT2D eigenvalue weighted by atomic mass is 10.2. The van der Waals surface area contributed by atoms with Crippen LogP contribution in [0.2, 0.25) is 5.02 Å². The summed E-state index contributed by atoms with van der Waals surface area (Å²) in [7, 11) is 0. The van der Waals surface area contributed by atoms with Gasteiger partial charge in [-0.1, -0.05) is 25.4 Å². The Labute approximate surface area is 115 Å². The lowest BCUT2D eigenvalue weighted by Gasteiger charge is -2.08. The fourth-order valence-electron chi connectivity index (χ4n) is 1.65. The third-order valence-electron chi connectivity index (χ3n) is 2.46. The van der Waals surface area contributed by atoms with E-state index in [0.29, 0.717) is 29.0 Å². The Hall–Kier alpha value is -1.53. The van der Waals surface area contributed by atoms with Crippen molar-refractivity contribution in [3.63, 3.8) is 0 Å². The van der Waals surface area contributed by atoms with Gasteiger partial charge in [0.05, 0.1) is 12.2 Å². The minimum absolute atomic E-state index is 0.312. The van der Waals surface area contributed by atoms with E-state index in [4.69, 9.17) is 11.6 Å². The van der Waals surface area contributed by atoms with Crippen molar-refractivity contribution >= 4 is 11.6 Å². The molecule has 2 rings (SSSR count). The van der Waals surface area contributed by atoms with Crippen molar-refractivity contribution in [1.29, 1.82) is 0 Å². The third-order valence-corrected chi connectivity index (χ3v) is 2.68. The first-order chi connectivity index (χ1) is 9.06. The van der Waals surface area contributed by atoms with Gasteiger partial charge in [-0.3, -0.25) is 0 Å². The lowest BCUT2D eigenvalue weighted by Crippen LogP contribution is -2.21. The first kappa shape index (κ1) is 13.9. The minimum atomic E-state index is -0.418. The highest BCUT2D eigenvalue weighted by molar-refractivity contribution is 6.30. The maximum absolute atomic E-state index is 13.3. The summed E-state index contributed by atoms with van der Waals surface area (Å²) in [6.45, 7) is 5.60. The number of hydrogen-bond donors (Lipinski definition) is 1. The van der Waals surface area contributed by atoms with Gasteiger partial charge in [0.1, 0.15) is 5.82 Å². The van der Waals surface area contributed by atoms with Gasteiger partial charge in [0, 0.05) is 5.02 Å². The molecule has 1 aromatic heterocycles. The minimum Gasteiger partial charge on any atom is -0.310 e. The predicted molar refractivity (Wildman–Crippen MR) is 70.7 cm³/mol. The highest BCUT2D eigenvalue weighted by Crippen LogP contribution is 2.17. The smallest absolute Gasteiger partial charge is 0.170 e. The van der Waals surface area contributed by atoms with Gasteiger partial charge in [-0.05, 0) is 41.1 Å². The first-order valence-corrected chi connectivity index (χ1v) is 6.38. The molecule has 2 aromatic rings. The van der Waals surface area contributed by atoms with Crippen molar-refractivity contribution in [2.75, 3.05) is 6.54 Å². The summed E-state index contributed by atoms with van der Waals surface area (Å²) in [5, 5.41) is 14.9. The van der Waals surface area contributed by atoms with Gasteiger partial charge >= 0.3 is 0 Å². The summed E-state index contributed by atoms with van der Waals surface area (Å²) >= 11 is 5.83. The average molecular weight is 284 g/mol. The second kappa shape index (κ2) is 6.08. The van der Waals surface area contributed by atoms with E-state index in [0.717, 1.165) is 6.54 Å². The molecule has 0 saturated carbocycles. The van der Waals surface area contributed by atoms with Gasteiger partial charge in [-0.15, -0.1) is 5.10 Å². The van der Waals surface area contributed by atoms with E-state index in [2.05, 4.69) is 34.7 Å². The zero-order valence-corrected chi connectivity index (χ0v) is 11.5. The van der Waals surface area contributed by atoms with E-state index >= 15 is 0 Å². The fourth-order valence-corrected chi connectivity index (χ4v) is 1.87. The van der Waals surface area contributed by atoms with Crippen molar-refractivity contribution in [2.45, 2.75) is 20.4 Å². The molecule has 19 heavy (non-hydrogen) atoms. The van der Waals surface area contributed by atoms with Crippen LogP contribution in [0.3, 0.4) is 0 Å². The van der Waals surface area contributed by atoms with Crippen LogP contribution in [0.4, 0.5) is 4.39 Å². The monoisotopic (exact) mass is 283 g/mol. The van der Waals surface area contributed by atoms with E-state index in [9.17, 15) is 4.39 Å². The van der Waals surface area contributed by atoms with Crippen molar-refractivity contribution in [1.82, 2.24) is 25.5 Å². The molecule has 0 bridgehead atoms. The summed E-state index contributed by atoms with van der Waals surface area (Å²) in [4.78, 5) is 0. The van der Waals surface area contributed by atoms with E-state index in [1.165, 1.54) is 16.8 Å². The van der Waals surface area contributed by atoms with Crippen LogP contribution in [0, 0.1) is 11.7 Å². The quantitative estimate of drug-likeness (QED) is 0.914. The molecule has 102 valence electrons. The molecule has 0 aliphatic carbocycles. The van der Waals surface area contributed by atoms with Gasteiger partial charge in [0.25, 0.3) is 0 Å². The maximum atomic E-state index is 13.3. The Kier molecular flexibility index (Phi) is 4.44. The Morgan fingerprint density at radius 1 is 1.37 bits per heavy atom. The highest BCUT2D eigenvalue weighted by Gasteiger charge is 2.10. The van der Waals surface area contributed by atoms with E-state index < -0.39 is 5.82 Å². The molecular formula is C12H15ClFN5. The Balaban J connectivity index is 2.18. The van der Waals surface area contributed by atoms with E-state index in [-0.39, 0.29) is 0 Å². The Bertz CT molecular complexity index is 535. The van der Waals surface area contributed by atoms with Crippen LogP contribution in [0.5, 0.6) is 0 Å². The van der Waals surface area contributed by atoms with Crippen molar-refractivity contribution in [3.8, 4) is 5.69 Å². The predicted octanol–water partition coefficient (Wildman–Crippen LogP) is 2.20. The molecule has 0 fully saturated rings. The van der Waals surface area contributed by atoms with Gasteiger partial charge < -0.3 is 5.32 Å². The molecule has 0 radical (unpaired) electrons. The molecule has 1 heterocycles. The molecule has 1 N–H and O–H groups in total. The lowest BCUT2D eigenvalue weighted by molar-refractivity contribution is 0.537. The summed E-state index contributed by atoms with van der Waals surface area (Å²) in [6, 6.07) is 4.20. The number of nitrogens with one attached hydrogen (secondary N) is 1. The number of nitrogens with zero attached hydrogens (tertiary/aromatic N) is 4. The van der Waals surface area contributed by atoms with Gasteiger partial charge in [0.2, 0.25) is 0 Å². The normalized spacial score (nSPS) is 11.2. The number of tetrazole rings is 1. The summed E-state index contributed by atoms with van der Waals surface area (Å²) in [5.41, 5.74) is 0.511. The maximum Gasteiger partial charge on any atom is 0.170 e. The number of rotatable bonds is 5. The Morgan fingerprint density at radius 2 is 2.16 bits per heavy atom. The standard InChI is InChI=1S/C12H15ClFN5/c1-8(2)6-15-7-12-16-17-18-19(12)11-4-9(13)3-10(14)5-11/h3-5,8,15H,6-7H2,1-2H3. The van der Waals surface area contributed by atoms with Crippen LogP contribution in [-0.2, 0) is 6.54 Å². The van der Waals surface area contributed by atoms with Gasteiger partial charge in [-0.2, -0.15) is 4.68 Å². The molecule has 0 aliphatic heterocycles. The first-order valence-electron chi connectivity index (χ1n) is 6.00. The second-order valence-corrected chi connectivity index (χ2v) is 5.10. The Morgan fingerprint density at radius 3 is 2.84 bits per heavy atom.